The van der Waals surface area contributed by atoms with E-state index in [2.05, 4.69) is 5.32 Å². The zero-order valence-corrected chi connectivity index (χ0v) is 12.6. The molecule has 21 heavy (non-hydrogen) atoms. The van der Waals surface area contributed by atoms with Crippen molar-refractivity contribution >= 4 is 28.9 Å². The molecule has 0 spiro atoms. The Kier molecular flexibility index (Phi) is 5.20. The molecule has 3 N–H and O–H groups in total. The molecule has 4 nitrogen and oxygen atoms in total. The predicted molar refractivity (Wildman–Crippen MR) is 87.3 cm³/mol. The van der Waals surface area contributed by atoms with Gasteiger partial charge in [-0.25, -0.2) is 0 Å². The van der Waals surface area contributed by atoms with Gasteiger partial charge in [0.25, 0.3) is 0 Å². The molecule has 0 bridgehead atoms. The summed E-state index contributed by atoms with van der Waals surface area (Å²) >= 11 is 5.88. The first-order valence-corrected chi connectivity index (χ1v) is 6.99. The number of nitrogen functional groups attached to an aromatic ring is 1. The summed E-state index contributed by atoms with van der Waals surface area (Å²) in [4.78, 5) is 13.9. The van der Waals surface area contributed by atoms with Crippen molar-refractivity contribution in [2.24, 2.45) is 0 Å². The topological polar surface area (TPSA) is 58.4 Å². The van der Waals surface area contributed by atoms with Gasteiger partial charge in [0.15, 0.2) is 0 Å². The molecule has 0 atom stereocenters. The number of hydrogen-bond donors (Lipinski definition) is 2. The van der Waals surface area contributed by atoms with Crippen LogP contribution in [0.15, 0.2) is 48.5 Å². The van der Waals surface area contributed by atoms with Crippen LogP contribution >= 0.6 is 11.6 Å². The van der Waals surface area contributed by atoms with Crippen LogP contribution in [0.25, 0.3) is 0 Å². The average Bonchev–Trinajstić information content (AvgIpc) is 2.41. The number of carbonyl (C=O) groups is 1. The lowest BCUT2D eigenvalue weighted by Gasteiger charge is -2.16. The van der Waals surface area contributed by atoms with Crippen molar-refractivity contribution in [2.75, 3.05) is 24.6 Å². The van der Waals surface area contributed by atoms with E-state index in [9.17, 15) is 4.79 Å². The fourth-order valence-corrected chi connectivity index (χ4v) is 2.19. The number of nitrogens with two attached hydrogens (primary N) is 1. The average molecular weight is 304 g/mol. The van der Waals surface area contributed by atoms with E-state index in [1.807, 2.05) is 42.3 Å². The Bertz CT molecular complexity index is 613. The molecule has 2 aromatic rings. The lowest BCUT2D eigenvalue weighted by molar-refractivity contribution is -0.117. The highest BCUT2D eigenvalue weighted by Crippen LogP contribution is 2.15. The van der Waals surface area contributed by atoms with Gasteiger partial charge in [0.05, 0.1) is 6.54 Å². The third-order valence-electron chi connectivity index (χ3n) is 2.95. The lowest BCUT2D eigenvalue weighted by Crippen LogP contribution is -2.29. The number of rotatable bonds is 5. The quantitative estimate of drug-likeness (QED) is 0.835. The molecule has 0 aliphatic heterocycles. The summed E-state index contributed by atoms with van der Waals surface area (Å²) in [6, 6.07) is 14.7. The van der Waals surface area contributed by atoms with Crippen molar-refractivity contribution in [3.05, 3.63) is 59.1 Å². The van der Waals surface area contributed by atoms with Gasteiger partial charge < -0.3 is 11.1 Å². The number of halogens is 1. The smallest absolute Gasteiger partial charge is 0.238 e. The Morgan fingerprint density at radius 2 is 1.95 bits per heavy atom. The molecule has 2 aromatic carbocycles. The zero-order chi connectivity index (χ0) is 15.2. The first kappa shape index (κ1) is 15.4. The number of hydrogen-bond acceptors (Lipinski definition) is 3. The van der Waals surface area contributed by atoms with Crippen LogP contribution < -0.4 is 11.1 Å². The van der Waals surface area contributed by atoms with Crippen LogP contribution in [0.1, 0.15) is 5.56 Å². The molecule has 110 valence electrons. The minimum Gasteiger partial charge on any atom is -0.399 e. The molecule has 1 amide bonds. The minimum atomic E-state index is -0.0739. The Hall–Kier alpha value is -2.04. The maximum absolute atomic E-state index is 12.0. The Morgan fingerprint density at radius 3 is 2.62 bits per heavy atom. The molecule has 0 aliphatic carbocycles. The van der Waals surface area contributed by atoms with Gasteiger partial charge in [0.1, 0.15) is 0 Å². The summed E-state index contributed by atoms with van der Waals surface area (Å²) in [6.45, 7) is 0.986. The number of anilines is 2. The summed E-state index contributed by atoms with van der Waals surface area (Å²) in [6.07, 6.45) is 0. The van der Waals surface area contributed by atoms with E-state index in [1.165, 1.54) is 0 Å². The van der Waals surface area contributed by atoms with Crippen molar-refractivity contribution in [1.82, 2.24) is 4.90 Å². The van der Waals surface area contributed by atoms with E-state index in [4.69, 9.17) is 17.3 Å². The first-order valence-electron chi connectivity index (χ1n) is 6.61. The number of benzene rings is 2. The number of nitrogens with one attached hydrogen (secondary N) is 1. The van der Waals surface area contributed by atoms with Crippen LogP contribution in [0, 0.1) is 0 Å². The van der Waals surface area contributed by atoms with Crippen LogP contribution in [0.5, 0.6) is 0 Å². The molecule has 5 heteroatoms. The van der Waals surface area contributed by atoms with E-state index >= 15 is 0 Å². The highest BCUT2D eigenvalue weighted by atomic mass is 35.5. The zero-order valence-electron chi connectivity index (χ0n) is 11.8. The van der Waals surface area contributed by atoms with Gasteiger partial charge in [0, 0.05) is 22.9 Å². The Labute approximate surface area is 129 Å². The Morgan fingerprint density at radius 1 is 1.24 bits per heavy atom. The SMILES string of the molecule is CN(CC(=O)Nc1cccc(Cl)c1)Cc1ccc(N)cc1. The molecule has 0 saturated carbocycles. The fourth-order valence-electron chi connectivity index (χ4n) is 2.00. The summed E-state index contributed by atoms with van der Waals surface area (Å²) in [5.41, 5.74) is 8.20. The molecule has 0 unspecified atom stereocenters. The lowest BCUT2D eigenvalue weighted by atomic mass is 10.2. The van der Waals surface area contributed by atoms with Crippen molar-refractivity contribution < 1.29 is 4.79 Å². The van der Waals surface area contributed by atoms with Crippen LogP contribution in [-0.2, 0) is 11.3 Å². The molecule has 0 radical (unpaired) electrons. The third-order valence-corrected chi connectivity index (χ3v) is 3.19. The number of amides is 1. The summed E-state index contributed by atoms with van der Waals surface area (Å²) in [5.74, 6) is -0.0739. The molecule has 0 aliphatic rings. The van der Waals surface area contributed by atoms with Gasteiger partial charge in [-0.05, 0) is 42.9 Å². The van der Waals surface area contributed by atoms with Gasteiger partial charge in [-0.1, -0.05) is 29.8 Å². The number of carbonyl (C=O) groups excluding carboxylic acids is 1. The second-order valence-electron chi connectivity index (χ2n) is 4.97. The monoisotopic (exact) mass is 303 g/mol. The van der Waals surface area contributed by atoms with E-state index in [0.717, 1.165) is 11.3 Å². The van der Waals surface area contributed by atoms with Gasteiger partial charge in [-0.3, -0.25) is 9.69 Å². The van der Waals surface area contributed by atoms with Gasteiger partial charge in [0.2, 0.25) is 5.91 Å². The molecular weight excluding hydrogens is 286 g/mol. The molecule has 0 aromatic heterocycles. The first-order chi connectivity index (χ1) is 10.0. The van der Waals surface area contributed by atoms with Gasteiger partial charge in [-0.15, -0.1) is 0 Å². The summed E-state index contributed by atoms with van der Waals surface area (Å²) in [5, 5.41) is 3.42. The summed E-state index contributed by atoms with van der Waals surface area (Å²) < 4.78 is 0. The van der Waals surface area contributed by atoms with Gasteiger partial charge >= 0.3 is 0 Å². The van der Waals surface area contributed by atoms with Crippen LogP contribution in [0.4, 0.5) is 11.4 Å². The van der Waals surface area contributed by atoms with Crippen molar-refractivity contribution in [2.45, 2.75) is 6.54 Å². The molecule has 0 saturated heterocycles. The van der Waals surface area contributed by atoms with Crippen molar-refractivity contribution in [1.29, 1.82) is 0 Å². The number of likely N-dealkylation sites (N-methyl/N-ethyl adjacent to an activating group) is 1. The van der Waals surface area contributed by atoms with Crippen molar-refractivity contribution in [3.8, 4) is 0 Å². The van der Waals surface area contributed by atoms with Crippen molar-refractivity contribution in [3.63, 3.8) is 0 Å². The van der Waals surface area contributed by atoms with Crippen LogP contribution in [-0.4, -0.2) is 24.4 Å². The normalized spacial score (nSPS) is 10.6. The molecular formula is C16H18ClN3O. The third kappa shape index (κ3) is 5.10. The van der Waals surface area contributed by atoms with E-state index in [0.29, 0.717) is 23.8 Å². The highest BCUT2D eigenvalue weighted by Gasteiger charge is 2.07. The second-order valence-corrected chi connectivity index (χ2v) is 5.41. The van der Waals surface area contributed by atoms with E-state index in [1.54, 1.807) is 18.2 Å². The van der Waals surface area contributed by atoms with Gasteiger partial charge in [-0.2, -0.15) is 0 Å². The fraction of sp³-hybridized carbons (Fsp3) is 0.188. The number of nitrogens with zero attached hydrogens (tertiary/aromatic N) is 1. The second kappa shape index (κ2) is 7.11. The van der Waals surface area contributed by atoms with E-state index in [-0.39, 0.29) is 5.91 Å². The predicted octanol–water partition coefficient (Wildman–Crippen LogP) is 2.99. The highest BCUT2D eigenvalue weighted by molar-refractivity contribution is 6.30. The standard InChI is InChI=1S/C16H18ClN3O/c1-20(10-12-5-7-14(18)8-6-12)11-16(21)19-15-4-2-3-13(17)9-15/h2-9H,10-11,18H2,1H3,(H,19,21). The molecule has 2 rings (SSSR count). The molecule has 0 heterocycles. The molecule has 0 fully saturated rings. The van der Waals surface area contributed by atoms with Crippen LogP contribution in [0.3, 0.4) is 0 Å². The largest absolute Gasteiger partial charge is 0.399 e. The maximum Gasteiger partial charge on any atom is 0.238 e. The summed E-state index contributed by atoms with van der Waals surface area (Å²) in [7, 11) is 1.90. The van der Waals surface area contributed by atoms with Crippen LogP contribution in [0.2, 0.25) is 5.02 Å². The van der Waals surface area contributed by atoms with E-state index < -0.39 is 0 Å². The maximum atomic E-state index is 12.0. The Balaban J connectivity index is 1.86. The minimum absolute atomic E-state index is 0.0739.